The molecule has 0 saturated carbocycles. The predicted octanol–water partition coefficient (Wildman–Crippen LogP) is 6.04. The molecule has 4 nitrogen and oxygen atoms in total. The molecule has 1 aliphatic heterocycles. The largest absolute Gasteiger partial charge is 0.357 e. The Balaban J connectivity index is 1.94. The van der Waals surface area contributed by atoms with Crippen molar-refractivity contribution in [1.82, 2.24) is 0 Å². The summed E-state index contributed by atoms with van der Waals surface area (Å²) in [7, 11) is 0. The number of anilines is 2. The monoisotopic (exact) mass is 408 g/mol. The number of hydrogen-bond donors (Lipinski definition) is 1. The molecule has 0 fully saturated rings. The molecule has 5 heteroatoms. The molecule has 0 unspecified atom stereocenters. The van der Waals surface area contributed by atoms with Crippen LogP contribution in [0.4, 0.5) is 11.4 Å². The summed E-state index contributed by atoms with van der Waals surface area (Å²) >= 11 is 6.13. The number of Topliss-reactive ketones (excluding diaryl/α,β-unsaturated/α-hetero) is 1. The molecule has 0 saturated heterocycles. The van der Waals surface area contributed by atoms with Crippen LogP contribution in [0.3, 0.4) is 0 Å². The molecule has 1 N–H and O–H groups in total. The first-order valence-electron chi connectivity index (χ1n) is 10.3. The second kappa shape index (κ2) is 8.42. The van der Waals surface area contributed by atoms with Gasteiger partial charge in [-0.15, -0.1) is 0 Å². The van der Waals surface area contributed by atoms with E-state index in [4.69, 9.17) is 11.6 Å². The summed E-state index contributed by atoms with van der Waals surface area (Å²) in [5.41, 5.74) is 4.23. The maximum Gasteiger partial charge on any atom is 0.227 e. The van der Waals surface area contributed by atoms with E-state index in [-0.39, 0.29) is 11.7 Å². The van der Waals surface area contributed by atoms with Crippen molar-refractivity contribution in [2.75, 3.05) is 10.2 Å². The number of unbranched alkanes of at least 4 members (excludes halogenated alkanes) is 1. The van der Waals surface area contributed by atoms with Gasteiger partial charge >= 0.3 is 0 Å². The third-order valence-corrected chi connectivity index (χ3v) is 5.89. The Morgan fingerprint density at radius 1 is 1.14 bits per heavy atom. The van der Waals surface area contributed by atoms with Crippen LogP contribution < -0.4 is 10.2 Å². The van der Waals surface area contributed by atoms with Crippen LogP contribution in [0.2, 0.25) is 5.02 Å². The molecule has 2 aromatic carbocycles. The topological polar surface area (TPSA) is 49.4 Å². The maximum atomic E-state index is 13.4. The first kappa shape index (κ1) is 19.7. The van der Waals surface area contributed by atoms with Crippen molar-refractivity contribution >= 4 is 34.7 Å². The lowest BCUT2D eigenvalue weighted by atomic mass is 9.85. The summed E-state index contributed by atoms with van der Waals surface area (Å²) in [6.07, 6.45) is 4.35. The number of allylic oxidation sites excluding steroid dienone is 1. The third-order valence-electron chi connectivity index (χ3n) is 5.64. The first-order chi connectivity index (χ1) is 14.1. The fraction of sp³-hybridized carbons (Fsp3) is 0.333. The van der Waals surface area contributed by atoms with Gasteiger partial charge in [-0.1, -0.05) is 49.2 Å². The SMILES string of the molecule is CCCCC(=O)N1c2ccccc2NC2=C(C(=O)CCC2)[C@H]1c1ccc(Cl)cc1. The predicted molar refractivity (Wildman–Crippen MR) is 117 cm³/mol. The molecule has 2 aromatic rings. The van der Waals surface area contributed by atoms with Gasteiger partial charge in [0.1, 0.15) is 0 Å². The van der Waals surface area contributed by atoms with Crippen molar-refractivity contribution < 1.29 is 9.59 Å². The molecule has 2 aliphatic rings. The van der Waals surface area contributed by atoms with Crippen LogP contribution in [0.15, 0.2) is 59.8 Å². The minimum Gasteiger partial charge on any atom is -0.357 e. The molecule has 1 atom stereocenters. The van der Waals surface area contributed by atoms with Crippen LogP contribution in [0.25, 0.3) is 0 Å². The van der Waals surface area contributed by atoms with Gasteiger partial charge in [-0.25, -0.2) is 0 Å². The molecule has 1 heterocycles. The van der Waals surface area contributed by atoms with E-state index in [1.165, 1.54) is 0 Å². The maximum absolute atomic E-state index is 13.4. The fourth-order valence-electron chi connectivity index (χ4n) is 4.22. The second-order valence-corrected chi connectivity index (χ2v) is 8.07. The average Bonchev–Trinajstić information content (AvgIpc) is 2.87. The Morgan fingerprint density at radius 3 is 2.66 bits per heavy atom. The normalized spacial score (nSPS) is 18.6. The molecule has 4 rings (SSSR count). The molecule has 0 spiro atoms. The quantitative estimate of drug-likeness (QED) is 0.671. The number of para-hydroxylation sites is 2. The Labute approximate surface area is 176 Å². The Bertz CT molecular complexity index is 965. The zero-order valence-corrected chi connectivity index (χ0v) is 17.3. The molecule has 150 valence electrons. The van der Waals surface area contributed by atoms with Crippen molar-refractivity contribution in [3.8, 4) is 0 Å². The van der Waals surface area contributed by atoms with Gasteiger partial charge in [-0.05, 0) is 49.1 Å². The number of ketones is 1. The first-order valence-corrected chi connectivity index (χ1v) is 10.7. The summed E-state index contributed by atoms with van der Waals surface area (Å²) < 4.78 is 0. The molecule has 1 aliphatic carbocycles. The van der Waals surface area contributed by atoms with Gasteiger partial charge in [0.25, 0.3) is 0 Å². The van der Waals surface area contributed by atoms with Gasteiger partial charge < -0.3 is 5.32 Å². The number of nitrogens with zero attached hydrogens (tertiary/aromatic N) is 1. The standard InChI is InChI=1S/C24H25ClN2O2/c1-2-3-11-22(29)27-20-9-5-4-7-18(20)26-19-8-6-10-21(28)23(19)24(27)16-12-14-17(25)15-13-16/h4-5,7,9,12-15,24,26H,2-3,6,8,10-11H2,1H3/t24-/m1/s1. The molecular formula is C24H25ClN2O2. The van der Waals surface area contributed by atoms with Crippen LogP contribution in [-0.4, -0.2) is 11.7 Å². The number of fused-ring (bicyclic) bond motifs is 1. The highest BCUT2D eigenvalue weighted by atomic mass is 35.5. The summed E-state index contributed by atoms with van der Waals surface area (Å²) in [4.78, 5) is 28.4. The second-order valence-electron chi connectivity index (χ2n) is 7.63. The van der Waals surface area contributed by atoms with Gasteiger partial charge in [-0.3, -0.25) is 14.5 Å². The smallest absolute Gasteiger partial charge is 0.227 e. The Morgan fingerprint density at radius 2 is 1.90 bits per heavy atom. The zero-order chi connectivity index (χ0) is 20.4. The van der Waals surface area contributed by atoms with Crippen LogP contribution >= 0.6 is 11.6 Å². The molecule has 0 bridgehead atoms. The number of carbonyl (C=O) groups excluding carboxylic acids is 2. The highest BCUT2D eigenvalue weighted by Crippen LogP contribution is 2.45. The Hall–Kier alpha value is -2.59. The van der Waals surface area contributed by atoms with Gasteiger partial charge in [0.05, 0.1) is 17.4 Å². The van der Waals surface area contributed by atoms with Gasteiger partial charge in [0.2, 0.25) is 5.91 Å². The van der Waals surface area contributed by atoms with Crippen LogP contribution in [0, 0.1) is 0 Å². The fourth-order valence-corrected chi connectivity index (χ4v) is 4.34. The minimum atomic E-state index is -0.449. The van der Waals surface area contributed by atoms with E-state index in [0.29, 0.717) is 23.4 Å². The minimum absolute atomic E-state index is 0.0353. The number of hydrogen-bond acceptors (Lipinski definition) is 3. The third kappa shape index (κ3) is 3.82. The molecule has 0 aromatic heterocycles. The average molecular weight is 409 g/mol. The highest BCUT2D eigenvalue weighted by Gasteiger charge is 2.39. The molecule has 1 amide bonds. The number of halogens is 1. The number of rotatable bonds is 4. The van der Waals surface area contributed by atoms with E-state index in [9.17, 15) is 9.59 Å². The number of nitrogens with one attached hydrogen (secondary N) is 1. The van der Waals surface area contributed by atoms with Crippen molar-refractivity contribution in [2.45, 2.75) is 51.5 Å². The van der Waals surface area contributed by atoms with Gasteiger partial charge in [0.15, 0.2) is 5.78 Å². The zero-order valence-electron chi connectivity index (χ0n) is 16.6. The highest BCUT2D eigenvalue weighted by molar-refractivity contribution is 6.30. The van der Waals surface area contributed by atoms with E-state index in [1.54, 1.807) is 0 Å². The van der Waals surface area contributed by atoms with Gasteiger partial charge in [-0.2, -0.15) is 0 Å². The van der Waals surface area contributed by atoms with E-state index in [1.807, 2.05) is 53.4 Å². The lowest BCUT2D eigenvalue weighted by Crippen LogP contribution is -2.37. The van der Waals surface area contributed by atoms with Crippen molar-refractivity contribution in [3.05, 3.63) is 70.4 Å². The lowest BCUT2D eigenvalue weighted by molar-refractivity contribution is -0.119. The number of carbonyl (C=O) groups is 2. The van der Waals surface area contributed by atoms with E-state index < -0.39 is 6.04 Å². The number of benzene rings is 2. The molecule has 0 radical (unpaired) electrons. The summed E-state index contributed by atoms with van der Waals surface area (Å²) in [5, 5.41) is 4.12. The summed E-state index contributed by atoms with van der Waals surface area (Å²) in [5.74, 6) is 0.146. The van der Waals surface area contributed by atoms with E-state index in [0.717, 1.165) is 48.3 Å². The van der Waals surface area contributed by atoms with Gasteiger partial charge in [0, 0.05) is 29.1 Å². The lowest BCUT2D eigenvalue weighted by Gasteiger charge is -2.34. The van der Waals surface area contributed by atoms with E-state index in [2.05, 4.69) is 12.2 Å². The Kier molecular flexibility index (Phi) is 5.72. The van der Waals surface area contributed by atoms with Crippen LogP contribution in [0.1, 0.15) is 57.1 Å². The van der Waals surface area contributed by atoms with E-state index >= 15 is 0 Å². The number of amides is 1. The van der Waals surface area contributed by atoms with Crippen molar-refractivity contribution in [2.24, 2.45) is 0 Å². The van der Waals surface area contributed by atoms with Crippen LogP contribution in [0.5, 0.6) is 0 Å². The summed E-state index contributed by atoms with van der Waals surface area (Å²) in [6, 6.07) is 14.9. The molecular weight excluding hydrogens is 384 g/mol. The van der Waals surface area contributed by atoms with Crippen molar-refractivity contribution in [3.63, 3.8) is 0 Å². The van der Waals surface area contributed by atoms with Crippen molar-refractivity contribution in [1.29, 1.82) is 0 Å². The molecule has 29 heavy (non-hydrogen) atoms. The summed E-state index contributed by atoms with van der Waals surface area (Å²) in [6.45, 7) is 2.08. The van der Waals surface area contributed by atoms with Crippen LogP contribution in [-0.2, 0) is 9.59 Å².